The topological polar surface area (TPSA) is 24.5 Å². The summed E-state index contributed by atoms with van der Waals surface area (Å²) in [5.74, 6) is 0. The van der Waals surface area contributed by atoms with Crippen LogP contribution in [-0.4, -0.2) is 49.3 Å². The summed E-state index contributed by atoms with van der Waals surface area (Å²) in [6.45, 7) is 4.61. The summed E-state index contributed by atoms with van der Waals surface area (Å²) < 4.78 is 5.62. The molecule has 3 heteroatoms. The van der Waals surface area contributed by atoms with Crippen molar-refractivity contribution in [3.63, 3.8) is 0 Å². The molecule has 0 aliphatic carbocycles. The fraction of sp³-hybridized carbons (Fsp3) is 1.00. The summed E-state index contributed by atoms with van der Waals surface area (Å²) in [6.07, 6.45) is 4.54. The molecule has 0 saturated carbocycles. The van der Waals surface area contributed by atoms with Crippen molar-refractivity contribution in [2.75, 3.05) is 26.2 Å². The lowest BCUT2D eigenvalue weighted by Gasteiger charge is -2.37. The number of hydrogen-bond acceptors (Lipinski definition) is 3. The van der Waals surface area contributed by atoms with Crippen LogP contribution in [0, 0.1) is 0 Å². The maximum atomic E-state index is 5.62. The van der Waals surface area contributed by atoms with E-state index < -0.39 is 0 Å². The second kappa shape index (κ2) is 3.23. The van der Waals surface area contributed by atoms with Crippen molar-refractivity contribution >= 4 is 0 Å². The van der Waals surface area contributed by atoms with E-state index in [4.69, 9.17) is 4.74 Å². The third-order valence-corrected chi connectivity index (χ3v) is 3.72. The normalized spacial score (nSPS) is 41.5. The highest BCUT2D eigenvalue weighted by Gasteiger charge is 2.41. The first kappa shape index (κ1) is 8.21. The van der Waals surface area contributed by atoms with Gasteiger partial charge in [0.15, 0.2) is 0 Å². The van der Waals surface area contributed by atoms with E-state index in [2.05, 4.69) is 10.2 Å². The van der Waals surface area contributed by atoms with E-state index in [1.54, 1.807) is 0 Å². The van der Waals surface area contributed by atoms with E-state index >= 15 is 0 Å². The van der Waals surface area contributed by atoms with Crippen LogP contribution in [0.25, 0.3) is 0 Å². The van der Waals surface area contributed by atoms with Crippen LogP contribution >= 0.6 is 0 Å². The zero-order valence-electron chi connectivity index (χ0n) is 8.04. The first-order chi connectivity index (χ1) is 6.43. The Bertz CT molecular complexity index is 191. The summed E-state index contributed by atoms with van der Waals surface area (Å²) in [5.41, 5.74) is 0. The third-order valence-electron chi connectivity index (χ3n) is 3.72. The van der Waals surface area contributed by atoms with Crippen LogP contribution in [0.2, 0.25) is 0 Å². The molecule has 74 valence electrons. The van der Waals surface area contributed by atoms with Crippen molar-refractivity contribution in [3.8, 4) is 0 Å². The average Bonchev–Trinajstić information content (AvgIpc) is 2.80. The molecule has 3 aliphatic rings. The molecule has 0 amide bonds. The van der Waals surface area contributed by atoms with E-state index in [0.717, 1.165) is 18.7 Å². The Kier molecular flexibility index (Phi) is 2.04. The van der Waals surface area contributed by atoms with Crippen LogP contribution in [0.5, 0.6) is 0 Å². The smallest absolute Gasteiger partial charge is 0.0718 e. The number of nitrogens with one attached hydrogen (secondary N) is 1. The predicted molar refractivity (Wildman–Crippen MR) is 50.7 cm³/mol. The zero-order valence-corrected chi connectivity index (χ0v) is 8.04. The molecular formula is C10H18N2O. The lowest BCUT2D eigenvalue weighted by molar-refractivity contribution is 0.00537. The monoisotopic (exact) mass is 182 g/mol. The minimum atomic E-state index is 0.569. The lowest BCUT2D eigenvalue weighted by Crippen LogP contribution is -2.48. The second-order valence-electron chi connectivity index (χ2n) is 4.52. The Morgan fingerprint density at radius 3 is 2.62 bits per heavy atom. The molecule has 1 N–H and O–H groups in total. The van der Waals surface area contributed by atoms with Gasteiger partial charge in [-0.3, -0.25) is 4.90 Å². The molecule has 3 rings (SSSR count). The van der Waals surface area contributed by atoms with Crippen molar-refractivity contribution in [2.24, 2.45) is 0 Å². The molecule has 3 saturated heterocycles. The highest BCUT2D eigenvalue weighted by molar-refractivity contribution is 4.95. The summed E-state index contributed by atoms with van der Waals surface area (Å²) in [5, 5.41) is 3.42. The SMILES string of the molecule is C1CC(N2C[C@@H]3C[C@H]2CO3)CCN1. The largest absolute Gasteiger partial charge is 0.375 e. The van der Waals surface area contributed by atoms with E-state index in [-0.39, 0.29) is 0 Å². The number of hydrogen-bond donors (Lipinski definition) is 1. The van der Waals surface area contributed by atoms with Crippen molar-refractivity contribution in [1.29, 1.82) is 0 Å². The quantitative estimate of drug-likeness (QED) is 0.627. The first-order valence-electron chi connectivity index (χ1n) is 5.51. The van der Waals surface area contributed by atoms with Crippen molar-refractivity contribution in [1.82, 2.24) is 10.2 Å². The molecule has 0 unspecified atom stereocenters. The van der Waals surface area contributed by atoms with Gasteiger partial charge in [0.2, 0.25) is 0 Å². The van der Waals surface area contributed by atoms with Crippen LogP contribution < -0.4 is 5.32 Å². The average molecular weight is 182 g/mol. The Morgan fingerprint density at radius 2 is 2.00 bits per heavy atom. The van der Waals surface area contributed by atoms with Gasteiger partial charge in [0, 0.05) is 18.6 Å². The minimum absolute atomic E-state index is 0.569. The molecular weight excluding hydrogens is 164 g/mol. The number of ether oxygens (including phenoxy) is 1. The second-order valence-corrected chi connectivity index (χ2v) is 4.52. The molecule has 2 atom stereocenters. The molecule has 0 aromatic carbocycles. The fourth-order valence-corrected chi connectivity index (χ4v) is 3.01. The maximum absolute atomic E-state index is 5.62. The molecule has 2 bridgehead atoms. The van der Waals surface area contributed by atoms with E-state index in [0.29, 0.717) is 6.10 Å². The Morgan fingerprint density at radius 1 is 1.15 bits per heavy atom. The summed E-state index contributed by atoms with van der Waals surface area (Å²) >= 11 is 0. The van der Waals surface area contributed by atoms with Crippen LogP contribution in [0.15, 0.2) is 0 Å². The maximum Gasteiger partial charge on any atom is 0.0718 e. The summed E-state index contributed by atoms with van der Waals surface area (Å²) in [7, 11) is 0. The van der Waals surface area contributed by atoms with Gasteiger partial charge in [-0.15, -0.1) is 0 Å². The Balaban J connectivity index is 1.65. The third kappa shape index (κ3) is 1.39. The summed E-state index contributed by atoms with van der Waals surface area (Å²) in [6, 6.07) is 1.60. The number of piperidine rings is 1. The van der Waals surface area contributed by atoms with Gasteiger partial charge in [0.1, 0.15) is 0 Å². The Labute approximate surface area is 79.4 Å². The fourth-order valence-electron chi connectivity index (χ4n) is 3.01. The molecule has 3 aliphatic heterocycles. The number of fused-ring (bicyclic) bond motifs is 2. The molecule has 13 heavy (non-hydrogen) atoms. The van der Waals surface area contributed by atoms with Gasteiger partial charge < -0.3 is 10.1 Å². The van der Waals surface area contributed by atoms with Crippen molar-refractivity contribution in [2.45, 2.75) is 37.5 Å². The standard InChI is InChI=1S/C10H18N2O/c1-3-11-4-2-8(1)12-6-10-5-9(12)7-13-10/h8-11H,1-7H2/t9-,10-/m0/s1. The molecule has 3 fully saturated rings. The van der Waals surface area contributed by atoms with Gasteiger partial charge >= 0.3 is 0 Å². The Hall–Kier alpha value is -0.120. The van der Waals surface area contributed by atoms with Crippen LogP contribution in [0.1, 0.15) is 19.3 Å². The molecule has 0 aromatic heterocycles. The summed E-state index contributed by atoms with van der Waals surface area (Å²) in [4.78, 5) is 2.70. The van der Waals surface area contributed by atoms with Crippen LogP contribution in [0.4, 0.5) is 0 Å². The highest BCUT2D eigenvalue weighted by Crippen LogP contribution is 2.31. The van der Waals surface area contributed by atoms with Crippen molar-refractivity contribution < 1.29 is 4.74 Å². The van der Waals surface area contributed by atoms with Gasteiger partial charge in [0.05, 0.1) is 12.7 Å². The van der Waals surface area contributed by atoms with Crippen LogP contribution in [-0.2, 0) is 4.74 Å². The molecule has 0 radical (unpaired) electrons. The van der Waals surface area contributed by atoms with E-state index in [1.165, 1.54) is 38.9 Å². The number of morpholine rings is 1. The highest BCUT2D eigenvalue weighted by atomic mass is 16.5. The van der Waals surface area contributed by atoms with Gasteiger partial charge in [-0.05, 0) is 32.4 Å². The number of likely N-dealkylation sites (tertiary alicyclic amines) is 1. The van der Waals surface area contributed by atoms with Gasteiger partial charge in [-0.25, -0.2) is 0 Å². The number of nitrogens with zero attached hydrogens (tertiary/aromatic N) is 1. The zero-order chi connectivity index (χ0) is 8.67. The molecule has 0 aromatic rings. The van der Waals surface area contributed by atoms with Crippen molar-refractivity contribution in [3.05, 3.63) is 0 Å². The first-order valence-corrected chi connectivity index (χ1v) is 5.51. The van der Waals surface area contributed by atoms with Gasteiger partial charge in [0.25, 0.3) is 0 Å². The van der Waals surface area contributed by atoms with E-state index in [1.807, 2.05) is 0 Å². The predicted octanol–water partition coefficient (Wildman–Crippen LogP) is 0.211. The van der Waals surface area contributed by atoms with Crippen LogP contribution in [0.3, 0.4) is 0 Å². The lowest BCUT2D eigenvalue weighted by atomic mass is 10.0. The number of rotatable bonds is 1. The van der Waals surface area contributed by atoms with E-state index in [9.17, 15) is 0 Å². The molecule has 3 nitrogen and oxygen atoms in total. The molecule has 0 spiro atoms. The van der Waals surface area contributed by atoms with Gasteiger partial charge in [-0.1, -0.05) is 0 Å². The molecule has 3 heterocycles. The van der Waals surface area contributed by atoms with Gasteiger partial charge in [-0.2, -0.15) is 0 Å². The minimum Gasteiger partial charge on any atom is -0.375 e.